The Hall–Kier alpha value is -1.40. The Bertz CT molecular complexity index is 883. The molecule has 1 amide bonds. The largest absolute Gasteiger partial charge is 0.283 e. The molecule has 3 nitrogen and oxygen atoms in total. The van der Waals surface area contributed by atoms with Crippen LogP contribution in [0.5, 0.6) is 0 Å². The van der Waals surface area contributed by atoms with Gasteiger partial charge in [0.15, 0.2) is 0 Å². The summed E-state index contributed by atoms with van der Waals surface area (Å²) in [4.78, 5) is 13.6. The SMILES string of the molecule is CC(=NNC(=O)c1sc2ccccc2c1Cl)c1ccc(Cl)s1. The maximum absolute atomic E-state index is 12.3. The fourth-order valence-corrected chi connectivity index (χ4v) is 4.30. The number of amides is 1. The Balaban J connectivity index is 1.83. The van der Waals surface area contributed by atoms with E-state index < -0.39 is 0 Å². The summed E-state index contributed by atoms with van der Waals surface area (Å²) >= 11 is 14.9. The molecule has 7 heteroatoms. The minimum absolute atomic E-state index is 0.312. The molecule has 0 bridgehead atoms. The van der Waals surface area contributed by atoms with Crippen molar-refractivity contribution in [3.8, 4) is 0 Å². The molecule has 3 aromatic rings. The van der Waals surface area contributed by atoms with Gasteiger partial charge in [0.25, 0.3) is 5.91 Å². The summed E-state index contributed by atoms with van der Waals surface area (Å²) in [6.45, 7) is 1.81. The molecule has 0 aliphatic rings. The molecule has 0 radical (unpaired) electrons. The molecule has 0 saturated carbocycles. The Morgan fingerprint density at radius 2 is 1.91 bits per heavy atom. The van der Waals surface area contributed by atoms with Crippen LogP contribution >= 0.6 is 45.9 Å². The molecule has 1 N–H and O–H groups in total. The third-order valence-electron chi connectivity index (χ3n) is 3.00. The highest BCUT2D eigenvalue weighted by Crippen LogP contribution is 2.35. The van der Waals surface area contributed by atoms with Crippen LogP contribution in [0.15, 0.2) is 41.5 Å². The first-order valence-electron chi connectivity index (χ1n) is 6.33. The van der Waals surface area contributed by atoms with Crippen LogP contribution in [-0.4, -0.2) is 11.6 Å². The van der Waals surface area contributed by atoms with Crippen molar-refractivity contribution >= 4 is 67.6 Å². The highest BCUT2D eigenvalue weighted by molar-refractivity contribution is 7.21. The third-order valence-corrected chi connectivity index (χ3v) is 6.01. The molecule has 3 rings (SSSR count). The Labute approximate surface area is 145 Å². The van der Waals surface area contributed by atoms with E-state index >= 15 is 0 Å². The van der Waals surface area contributed by atoms with E-state index in [2.05, 4.69) is 10.5 Å². The topological polar surface area (TPSA) is 41.5 Å². The number of nitrogens with one attached hydrogen (secondary N) is 1. The maximum atomic E-state index is 12.3. The van der Waals surface area contributed by atoms with Crippen molar-refractivity contribution in [1.82, 2.24) is 5.43 Å². The summed E-state index contributed by atoms with van der Waals surface area (Å²) in [6.07, 6.45) is 0. The van der Waals surface area contributed by atoms with Crippen LogP contribution in [-0.2, 0) is 0 Å². The number of nitrogens with zero attached hydrogens (tertiary/aromatic N) is 1. The predicted molar refractivity (Wildman–Crippen MR) is 95.8 cm³/mol. The maximum Gasteiger partial charge on any atom is 0.283 e. The van der Waals surface area contributed by atoms with Crippen molar-refractivity contribution in [2.24, 2.45) is 5.10 Å². The van der Waals surface area contributed by atoms with Crippen molar-refractivity contribution in [2.45, 2.75) is 6.92 Å². The molecular formula is C15H10Cl2N2OS2. The summed E-state index contributed by atoms with van der Waals surface area (Å²) < 4.78 is 1.66. The number of carbonyl (C=O) groups is 1. The summed E-state index contributed by atoms with van der Waals surface area (Å²) in [5.74, 6) is -0.312. The highest BCUT2D eigenvalue weighted by Gasteiger charge is 2.16. The van der Waals surface area contributed by atoms with E-state index in [9.17, 15) is 4.79 Å². The van der Waals surface area contributed by atoms with Crippen LogP contribution < -0.4 is 5.43 Å². The molecule has 0 saturated heterocycles. The number of thiophene rings is 2. The van der Waals surface area contributed by atoms with Gasteiger partial charge in [-0.25, -0.2) is 5.43 Å². The molecule has 0 aliphatic heterocycles. The van der Waals surface area contributed by atoms with Crippen LogP contribution in [0, 0.1) is 0 Å². The zero-order valence-electron chi connectivity index (χ0n) is 11.4. The third kappa shape index (κ3) is 3.03. The van der Waals surface area contributed by atoms with Gasteiger partial charge in [-0.2, -0.15) is 5.10 Å². The van der Waals surface area contributed by atoms with Crippen LogP contribution in [0.4, 0.5) is 0 Å². The van der Waals surface area contributed by atoms with Crippen LogP contribution in [0.25, 0.3) is 10.1 Å². The summed E-state index contributed by atoms with van der Waals surface area (Å²) in [7, 11) is 0. The number of hydrogen-bond donors (Lipinski definition) is 1. The number of hydrogen-bond acceptors (Lipinski definition) is 4. The lowest BCUT2D eigenvalue weighted by Gasteiger charge is -1.99. The Kier molecular flexibility index (Phi) is 4.49. The van der Waals surface area contributed by atoms with E-state index in [1.54, 1.807) is 6.07 Å². The van der Waals surface area contributed by atoms with Gasteiger partial charge in [-0.05, 0) is 25.1 Å². The minimum Gasteiger partial charge on any atom is -0.266 e. The molecule has 0 aliphatic carbocycles. The summed E-state index contributed by atoms with van der Waals surface area (Å²) in [5, 5.41) is 5.45. The summed E-state index contributed by atoms with van der Waals surface area (Å²) in [6, 6.07) is 11.3. The van der Waals surface area contributed by atoms with Crippen molar-refractivity contribution in [1.29, 1.82) is 0 Å². The van der Waals surface area contributed by atoms with Gasteiger partial charge in [-0.3, -0.25) is 4.79 Å². The highest BCUT2D eigenvalue weighted by atomic mass is 35.5. The molecule has 0 fully saturated rings. The normalized spacial score (nSPS) is 11.9. The quantitative estimate of drug-likeness (QED) is 0.486. The van der Waals surface area contributed by atoms with E-state index in [4.69, 9.17) is 23.2 Å². The van der Waals surface area contributed by atoms with Crippen molar-refractivity contribution < 1.29 is 4.79 Å². The first kappa shape index (κ1) is 15.5. The van der Waals surface area contributed by atoms with Gasteiger partial charge in [0, 0.05) is 10.1 Å². The second-order valence-corrected chi connectivity index (χ2v) is 7.63. The van der Waals surface area contributed by atoms with Crippen LogP contribution in [0.1, 0.15) is 21.5 Å². The molecule has 2 aromatic heterocycles. The van der Waals surface area contributed by atoms with Gasteiger partial charge in [0.05, 0.1) is 19.9 Å². The molecule has 112 valence electrons. The van der Waals surface area contributed by atoms with E-state index in [-0.39, 0.29) is 5.91 Å². The lowest BCUT2D eigenvalue weighted by molar-refractivity contribution is 0.0959. The van der Waals surface area contributed by atoms with Gasteiger partial charge in [0.2, 0.25) is 0 Å². The molecule has 2 heterocycles. The van der Waals surface area contributed by atoms with Crippen molar-refractivity contribution in [3.63, 3.8) is 0 Å². The number of hydrazone groups is 1. The van der Waals surface area contributed by atoms with E-state index in [0.29, 0.717) is 19.9 Å². The zero-order valence-corrected chi connectivity index (χ0v) is 14.5. The van der Waals surface area contributed by atoms with Crippen molar-refractivity contribution in [2.75, 3.05) is 0 Å². The van der Waals surface area contributed by atoms with Gasteiger partial charge >= 0.3 is 0 Å². The van der Waals surface area contributed by atoms with Gasteiger partial charge in [0.1, 0.15) is 4.88 Å². The fraction of sp³-hybridized carbons (Fsp3) is 0.0667. The van der Waals surface area contributed by atoms with Crippen molar-refractivity contribution in [3.05, 3.63) is 55.5 Å². The molecule has 0 unspecified atom stereocenters. The number of fused-ring (bicyclic) bond motifs is 1. The molecule has 1 aromatic carbocycles. The van der Waals surface area contributed by atoms with E-state index in [1.807, 2.05) is 37.3 Å². The molecular weight excluding hydrogens is 359 g/mol. The van der Waals surface area contributed by atoms with E-state index in [1.165, 1.54) is 22.7 Å². The second-order valence-electron chi connectivity index (χ2n) is 4.48. The van der Waals surface area contributed by atoms with E-state index in [0.717, 1.165) is 15.0 Å². The van der Waals surface area contributed by atoms with Crippen LogP contribution in [0.3, 0.4) is 0 Å². The summed E-state index contributed by atoms with van der Waals surface area (Å²) in [5.41, 5.74) is 3.24. The van der Waals surface area contributed by atoms with Gasteiger partial charge < -0.3 is 0 Å². The Morgan fingerprint density at radius 3 is 2.59 bits per heavy atom. The van der Waals surface area contributed by atoms with Crippen LogP contribution in [0.2, 0.25) is 9.36 Å². The predicted octanol–water partition coefficient (Wildman–Crippen LogP) is 5.42. The number of rotatable bonds is 3. The minimum atomic E-state index is -0.312. The fourth-order valence-electron chi connectivity index (χ4n) is 1.91. The average molecular weight is 369 g/mol. The average Bonchev–Trinajstić information content (AvgIpc) is 3.09. The lowest BCUT2D eigenvalue weighted by Crippen LogP contribution is -2.18. The first-order valence-corrected chi connectivity index (χ1v) is 8.72. The molecule has 0 atom stereocenters. The smallest absolute Gasteiger partial charge is 0.266 e. The standard InChI is InChI=1S/C15H10Cl2N2OS2/c1-8(10-6-7-12(16)21-10)18-19-15(20)14-13(17)9-4-2-3-5-11(9)22-14/h2-7H,1H3,(H,19,20). The lowest BCUT2D eigenvalue weighted by atomic mass is 10.2. The number of halogens is 2. The zero-order chi connectivity index (χ0) is 15.7. The van der Waals surface area contributed by atoms with Gasteiger partial charge in [-0.15, -0.1) is 22.7 Å². The Morgan fingerprint density at radius 1 is 1.14 bits per heavy atom. The molecule has 22 heavy (non-hydrogen) atoms. The number of carbonyl (C=O) groups excluding carboxylic acids is 1. The monoisotopic (exact) mass is 368 g/mol. The second kappa shape index (κ2) is 6.38. The van der Waals surface area contributed by atoms with Gasteiger partial charge in [-0.1, -0.05) is 41.4 Å². The number of benzene rings is 1. The molecule has 0 spiro atoms. The first-order chi connectivity index (χ1) is 10.6.